The minimum Gasteiger partial charge on any atom is -0.322 e. The van der Waals surface area contributed by atoms with Gasteiger partial charge in [-0.05, 0) is 30.7 Å². The first-order valence-electron chi connectivity index (χ1n) is 5.07. The van der Waals surface area contributed by atoms with Crippen LogP contribution in [0.5, 0.6) is 0 Å². The van der Waals surface area contributed by atoms with Crippen LogP contribution in [-0.2, 0) is 0 Å². The molecule has 1 aliphatic heterocycles. The molecule has 1 aromatic heterocycles. The molecule has 1 fully saturated rings. The van der Waals surface area contributed by atoms with Gasteiger partial charge in [0, 0.05) is 6.54 Å². The molecule has 78 valence electrons. The summed E-state index contributed by atoms with van der Waals surface area (Å²) in [5.74, 6) is 0.0104. The summed E-state index contributed by atoms with van der Waals surface area (Å²) in [5, 5.41) is 10.9. The number of thiophene rings is 1. The minimum absolute atomic E-state index is 0.0104. The quantitative estimate of drug-likeness (QED) is 0.728. The molecular formula is C11H12N2OS. The second-order valence-electron chi connectivity index (χ2n) is 3.62. The first kappa shape index (κ1) is 10.2. The normalized spacial score (nSPS) is 21.0. The largest absolute Gasteiger partial charge is 0.322 e. The van der Waals surface area contributed by atoms with Gasteiger partial charge < -0.3 is 4.90 Å². The van der Waals surface area contributed by atoms with Crippen molar-refractivity contribution in [3.63, 3.8) is 0 Å². The molecule has 2 heterocycles. The number of carbonyl (C=O) groups excluding carboxylic acids is 1. The maximum atomic E-state index is 12.0. The predicted molar refractivity (Wildman–Crippen MR) is 58.6 cm³/mol. The Balaban J connectivity index is 2.15. The predicted octanol–water partition coefficient (Wildman–Crippen LogP) is 2.27. The maximum Gasteiger partial charge on any atom is 0.264 e. The van der Waals surface area contributed by atoms with E-state index in [1.165, 1.54) is 11.3 Å². The van der Waals surface area contributed by atoms with Crippen molar-refractivity contribution >= 4 is 17.2 Å². The second kappa shape index (κ2) is 4.45. The fourth-order valence-corrected chi connectivity index (χ4v) is 2.53. The average Bonchev–Trinajstić information content (AvgIpc) is 2.81. The molecule has 0 spiro atoms. The molecular weight excluding hydrogens is 208 g/mol. The maximum absolute atomic E-state index is 12.0. The highest BCUT2D eigenvalue weighted by Gasteiger charge is 2.27. The lowest BCUT2D eigenvalue weighted by molar-refractivity contribution is 0.0675. The van der Waals surface area contributed by atoms with Crippen LogP contribution >= 0.6 is 11.3 Å². The van der Waals surface area contributed by atoms with E-state index in [0.29, 0.717) is 0 Å². The first-order valence-corrected chi connectivity index (χ1v) is 5.95. The summed E-state index contributed by atoms with van der Waals surface area (Å²) in [6, 6.07) is 5.66. The van der Waals surface area contributed by atoms with Gasteiger partial charge in [-0.25, -0.2) is 0 Å². The number of amides is 1. The van der Waals surface area contributed by atoms with E-state index in [1.54, 1.807) is 4.90 Å². The second-order valence-corrected chi connectivity index (χ2v) is 4.56. The Morgan fingerprint density at radius 1 is 1.60 bits per heavy atom. The zero-order chi connectivity index (χ0) is 10.7. The van der Waals surface area contributed by atoms with Gasteiger partial charge in [0.25, 0.3) is 5.91 Å². The number of hydrogen-bond donors (Lipinski definition) is 0. The van der Waals surface area contributed by atoms with Crippen LogP contribution in [-0.4, -0.2) is 23.4 Å². The summed E-state index contributed by atoms with van der Waals surface area (Å²) in [7, 11) is 0. The average molecular weight is 220 g/mol. The van der Waals surface area contributed by atoms with Crippen LogP contribution in [0.15, 0.2) is 17.5 Å². The summed E-state index contributed by atoms with van der Waals surface area (Å²) >= 11 is 1.44. The molecule has 3 nitrogen and oxygen atoms in total. The summed E-state index contributed by atoms with van der Waals surface area (Å²) in [4.78, 5) is 14.5. The Morgan fingerprint density at radius 2 is 2.47 bits per heavy atom. The summed E-state index contributed by atoms with van der Waals surface area (Å²) < 4.78 is 0. The Labute approximate surface area is 92.9 Å². The number of nitrogens with zero attached hydrogens (tertiary/aromatic N) is 2. The van der Waals surface area contributed by atoms with Gasteiger partial charge in [-0.2, -0.15) is 5.26 Å². The number of rotatable bonds is 1. The van der Waals surface area contributed by atoms with Crippen LogP contribution < -0.4 is 0 Å². The van der Waals surface area contributed by atoms with Crippen LogP contribution in [0.3, 0.4) is 0 Å². The molecule has 0 aromatic carbocycles. The van der Waals surface area contributed by atoms with E-state index < -0.39 is 0 Å². The molecule has 1 aromatic rings. The monoisotopic (exact) mass is 220 g/mol. The van der Waals surface area contributed by atoms with Crippen LogP contribution in [0.2, 0.25) is 0 Å². The fraction of sp³-hybridized carbons (Fsp3) is 0.455. The third-order valence-corrected chi connectivity index (χ3v) is 3.50. The van der Waals surface area contributed by atoms with Crippen LogP contribution in [0.4, 0.5) is 0 Å². The molecule has 1 unspecified atom stereocenters. The highest BCUT2D eigenvalue weighted by molar-refractivity contribution is 7.12. The van der Waals surface area contributed by atoms with Crippen molar-refractivity contribution in [1.82, 2.24) is 4.90 Å². The third-order valence-electron chi connectivity index (χ3n) is 2.64. The lowest BCUT2D eigenvalue weighted by atomic mass is 10.0. The summed E-state index contributed by atoms with van der Waals surface area (Å²) in [5.41, 5.74) is 0. The van der Waals surface area contributed by atoms with Gasteiger partial charge in [-0.1, -0.05) is 6.07 Å². The smallest absolute Gasteiger partial charge is 0.264 e. The molecule has 1 aliphatic rings. The lowest BCUT2D eigenvalue weighted by Gasteiger charge is -2.30. The van der Waals surface area contributed by atoms with E-state index in [4.69, 9.17) is 5.26 Å². The zero-order valence-electron chi connectivity index (χ0n) is 8.35. The van der Waals surface area contributed by atoms with Gasteiger partial charge in [-0.3, -0.25) is 4.79 Å². The molecule has 0 N–H and O–H groups in total. The van der Waals surface area contributed by atoms with Gasteiger partial charge in [0.05, 0.1) is 10.9 Å². The molecule has 0 aliphatic carbocycles. The van der Waals surface area contributed by atoms with E-state index >= 15 is 0 Å². The SMILES string of the molecule is N#CC1CCCCN1C(=O)c1cccs1. The van der Waals surface area contributed by atoms with Gasteiger partial charge in [0.15, 0.2) is 0 Å². The van der Waals surface area contributed by atoms with E-state index in [0.717, 1.165) is 30.7 Å². The van der Waals surface area contributed by atoms with Crippen LogP contribution in [0.1, 0.15) is 28.9 Å². The number of nitriles is 1. The standard InChI is InChI=1S/C11H12N2OS/c12-8-9-4-1-2-6-13(9)11(14)10-5-3-7-15-10/h3,5,7,9H,1-2,4,6H2. The van der Waals surface area contributed by atoms with Crippen molar-refractivity contribution < 1.29 is 4.79 Å². The molecule has 0 saturated carbocycles. The van der Waals surface area contributed by atoms with Crippen molar-refractivity contribution in [1.29, 1.82) is 5.26 Å². The fourth-order valence-electron chi connectivity index (χ4n) is 1.85. The molecule has 15 heavy (non-hydrogen) atoms. The van der Waals surface area contributed by atoms with E-state index in [2.05, 4.69) is 6.07 Å². The van der Waals surface area contributed by atoms with Gasteiger partial charge >= 0.3 is 0 Å². The van der Waals surface area contributed by atoms with Crippen molar-refractivity contribution in [3.05, 3.63) is 22.4 Å². The zero-order valence-corrected chi connectivity index (χ0v) is 9.17. The highest BCUT2D eigenvalue weighted by Crippen LogP contribution is 2.20. The summed E-state index contributed by atoms with van der Waals surface area (Å²) in [6.07, 6.45) is 2.87. The Morgan fingerprint density at radius 3 is 3.13 bits per heavy atom. The number of carbonyl (C=O) groups is 1. The van der Waals surface area contributed by atoms with Gasteiger partial charge in [0.2, 0.25) is 0 Å². The molecule has 0 radical (unpaired) electrons. The minimum atomic E-state index is -0.228. The molecule has 1 atom stereocenters. The van der Waals surface area contributed by atoms with Crippen molar-refractivity contribution in [2.75, 3.05) is 6.54 Å². The lowest BCUT2D eigenvalue weighted by Crippen LogP contribution is -2.42. The Hall–Kier alpha value is -1.34. The first-order chi connectivity index (χ1) is 7.33. The number of hydrogen-bond acceptors (Lipinski definition) is 3. The molecule has 1 amide bonds. The number of likely N-dealkylation sites (tertiary alicyclic amines) is 1. The Kier molecular flexibility index (Phi) is 3.02. The number of piperidine rings is 1. The third kappa shape index (κ3) is 2.02. The van der Waals surface area contributed by atoms with Crippen molar-refractivity contribution in [2.45, 2.75) is 25.3 Å². The van der Waals surface area contributed by atoms with E-state index in [1.807, 2.05) is 17.5 Å². The van der Waals surface area contributed by atoms with Crippen molar-refractivity contribution in [2.24, 2.45) is 0 Å². The molecule has 4 heteroatoms. The Bertz CT molecular complexity index is 380. The van der Waals surface area contributed by atoms with Crippen molar-refractivity contribution in [3.8, 4) is 6.07 Å². The molecule has 2 rings (SSSR count). The van der Waals surface area contributed by atoms with Gasteiger partial charge in [-0.15, -0.1) is 11.3 Å². The summed E-state index contributed by atoms with van der Waals surface area (Å²) in [6.45, 7) is 0.717. The van der Waals surface area contributed by atoms with E-state index in [9.17, 15) is 4.79 Å². The molecule has 1 saturated heterocycles. The topological polar surface area (TPSA) is 44.1 Å². The van der Waals surface area contributed by atoms with Gasteiger partial charge in [0.1, 0.15) is 6.04 Å². The highest BCUT2D eigenvalue weighted by atomic mass is 32.1. The van der Waals surface area contributed by atoms with E-state index in [-0.39, 0.29) is 11.9 Å². The van der Waals surface area contributed by atoms with Crippen LogP contribution in [0.25, 0.3) is 0 Å². The molecule has 0 bridgehead atoms. The van der Waals surface area contributed by atoms with Crippen LogP contribution in [0, 0.1) is 11.3 Å².